The molecule has 2 unspecified atom stereocenters. The lowest BCUT2D eigenvalue weighted by atomic mass is 9.80. The van der Waals surface area contributed by atoms with Crippen LogP contribution in [0.1, 0.15) is 30.7 Å². The zero-order valence-corrected chi connectivity index (χ0v) is 21.7. The summed E-state index contributed by atoms with van der Waals surface area (Å²) in [5.74, 6) is -2.14. The van der Waals surface area contributed by atoms with E-state index >= 15 is 0 Å². The molecule has 0 fully saturated rings. The lowest BCUT2D eigenvalue weighted by Gasteiger charge is -2.36. The monoisotopic (exact) mass is 571 g/mol. The first-order chi connectivity index (χ1) is 18.4. The van der Waals surface area contributed by atoms with Gasteiger partial charge in [0.2, 0.25) is 0 Å². The Balaban J connectivity index is 2.23. The summed E-state index contributed by atoms with van der Waals surface area (Å²) in [6.07, 6.45) is -7.87. The predicted octanol–water partition coefficient (Wildman–Crippen LogP) is 5.91. The fourth-order valence-corrected chi connectivity index (χ4v) is 4.05. The van der Waals surface area contributed by atoms with E-state index in [-0.39, 0.29) is 35.2 Å². The summed E-state index contributed by atoms with van der Waals surface area (Å²) < 4.78 is 72.2. The first kappa shape index (κ1) is 30.1. The molecular formula is C27H27ClF5N3O3. The highest BCUT2D eigenvalue weighted by atomic mass is 35.5. The zero-order valence-electron chi connectivity index (χ0n) is 21.0. The number of benzene rings is 2. The molecule has 0 spiro atoms. The maximum absolute atomic E-state index is 14.8. The molecule has 0 aliphatic rings. The van der Waals surface area contributed by atoms with Gasteiger partial charge in [-0.3, -0.25) is 4.98 Å². The summed E-state index contributed by atoms with van der Waals surface area (Å²) in [6, 6.07) is 12.5. The quantitative estimate of drug-likeness (QED) is 0.250. The van der Waals surface area contributed by atoms with Crippen molar-refractivity contribution in [3.05, 3.63) is 94.5 Å². The number of hydrogen-bond donors (Lipinski definition) is 3. The molecule has 2 aromatic carbocycles. The fourth-order valence-electron chi connectivity index (χ4n) is 3.94. The van der Waals surface area contributed by atoms with Crippen molar-refractivity contribution in [2.45, 2.75) is 44.4 Å². The molecule has 0 saturated carbocycles. The number of hydrogen-bond acceptors (Lipinski definition) is 4. The van der Waals surface area contributed by atoms with Crippen LogP contribution in [0.2, 0.25) is 5.02 Å². The molecule has 210 valence electrons. The topological polar surface area (TPSA) is 83.5 Å². The molecule has 3 aromatic rings. The number of carbonyl (C=O) groups is 1. The minimum atomic E-state index is -4.90. The summed E-state index contributed by atoms with van der Waals surface area (Å²) in [5.41, 5.74) is -1.11. The van der Waals surface area contributed by atoms with Crippen molar-refractivity contribution in [2.24, 2.45) is 5.92 Å². The van der Waals surface area contributed by atoms with Crippen molar-refractivity contribution in [2.75, 3.05) is 6.61 Å². The Hall–Kier alpha value is -3.44. The van der Waals surface area contributed by atoms with Crippen LogP contribution in [0, 0.1) is 11.7 Å². The molecule has 2 amide bonds. The second-order valence-electron chi connectivity index (χ2n) is 9.20. The van der Waals surface area contributed by atoms with Gasteiger partial charge in [-0.05, 0) is 41.3 Å². The molecule has 3 N–H and O–H groups in total. The Bertz CT molecular complexity index is 1250. The van der Waals surface area contributed by atoms with Crippen LogP contribution in [-0.4, -0.2) is 41.3 Å². The summed E-state index contributed by atoms with van der Waals surface area (Å²) in [6.45, 7) is 3.17. The Morgan fingerprint density at radius 1 is 1.10 bits per heavy atom. The van der Waals surface area contributed by atoms with Crippen molar-refractivity contribution in [3.63, 3.8) is 0 Å². The smallest absolute Gasteiger partial charge is 0.428 e. The number of carbonyl (C=O) groups excluding carboxylic acids is 1. The standard InChI is InChI=1S/C27H27ClF5N3O3/c1-16(2)22(15-37)35-25(38)36-26(13-17-6-4-3-5-7-17,23-9-8-19(28)14-34-23)18-10-20(29)12-21(11-18)39-27(32,33)24(30)31/h3-12,14,16,22,24,37H,13,15H2,1-2H3,(H2,35,36,38). The Morgan fingerprint density at radius 2 is 1.79 bits per heavy atom. The molecule has 3 rings (SSSR count). The average Bonchev–Trinajstić information content (AvgIpc) is 2.87. The number of urea groups is 1. The van der Waals surface area contributed by atoms with Crippen LogP contribution in [0.25, 0.3) is 0 Å². The minimum Gasteiger partial charge on any atom is -0.428 e. The van der Waals surface area contributed by atoms with Gasteiger partial charge in [0.25, 0.3) is 0 Å². The molecule has 0 aliphatic carbocycles. The van der Waals surface area contributed by atoms with Gasteiger partial charge in [0.05, 0.1) is 23.4 Å². The van der Waals surface area contributed by atoms with Gasteiger partial charge in [0.15, 0.2) is 0 Å². The number of rotatable bonds is 11. The average molecular weight is 572 g/mol. The van der Waals surface area contributed by atoms with Gasteiger partial charge < -0.3 is 20.5 Å². The van der Waals surface area contributed by atoms with E-state index in [1.165, 1.54) is 18.3 Å². The van der Waals surface area contributed by atoms with Crippen LogP contribution >= 0.6 is 11.6 Å². The van der Waals surface area contributed by atoms with Crippen LogP contribution in [0.3, 0.4) is 0 Å². The van der Waals surface area contributed by atoms with Crippen LogP contribution in [0.4, 0.5) is 26.7 Å². The number of amides is 2. The lowest BCUT2D eigenvalue weighted by Crippen LogP contribution is -2.55. The molecule has 0 radical (unpaired) electrons. The molecule has 0 saturated heterocycles. The third-order valence-electron chi connectivity index (χ3n) is 5.99. The Morgan fingerprint density at radius 3 is 2.36 bits per heavy atom. The summed E-state index contributed by atoms with van der Waals surface area (Å²) >= 11 is 6.02. The second-order valence-corrected chi connectivity index (χ2v) is 9.64. The minimum absolute atomic E-state index is 0.0739. The van der Waals surface area contributed by atoms with Crippen molar-refractivity contribution in [1.82, 2.24) is 15.6 Å². The Kier molecular flexibility index (Phi) is 9.73. The maximum Gasteiger partial charge on any atom is 0.461 e. The van der Waals surface area contributed by atoms with E-state index in [9.17, 15) is 31.9 Å². The molecule has 12 heteroatoms. The largest absolute Gasteiger partial charge is 0.461 e. The zero-order chi connectivity index (χ0) is 28.8. The number of aliphatic hydroxyl groups is 1. The highest BCUT2D eigenvalue weighted by Crippen LogP contribution is 2.37. The van der Waals surface area contributed by atoms with Crippen molar-refractivity contribution >= 4 is 17.6 Å². The first-order valence-corrected chi connectivity index (χ1v) is 12.3. The number of aliphatic hydroxyl groups excluding tert-OH is 1. The number of aromatic nitrogens is 1. The highest BCUT2D eigenvalue weighted by Gasteiger charge is 2.45. The molecule has 0 aliphatic heterocycles. The molecule has 1 aromatic heterocycles. The van der Waals surface area contributed by atoms with Crippen molar-refractivity contribution < 1.29 is 36.6 Å². The number of ether oxygens (including phenoxy) is 1. The van der Waals surface area contributed by atoms with Crippen LogP contribution < -0.4 is 15.4 Å². The normalized spacial score (nSPS) is 14.1. The third-order valence-corrected chi connectivity index (χ3v) is 6.22. The van der Waals surface area contributed by atoms with Gasteiger partial charge in [-0.15, -0.1) is 0 Å². The number of halogens is 6. The summed E-state index contributed by atoms with van der Waals surface area (Å²) in [5, 5.41) is 15.4. The van der Waals surface area contributed by atoms with Gasteiger partial charge in [-0.1, -0.05) is 55.8 Å². The number of alkyl halides is 4. The first-order valence-electron chi connectivity index (χ1n) is 11.9. The van der Waals surface area contributed by atoms with E-state index in [1.807, 2.05) is 0 Å². The third kappa shape index (κ3) is 7.57. The van der Waals surface area contributed by atoms with E-state index in [1.54, 1.807) is 44.2 Å². The molecule has 2 atom stereocenters. The SMILES string of the molecule is CC(C)C(CO)NC(=O)NC(Cc1ccccc1)(c1cc(F)cc(OC(F)(F)C(F)F)c1)c1ccc(Cl)cn1. The number of pyridine rings is 1. The highest BCUT2D eigenvalue weighted by molar-refractivity contribution is 6.30. The van der Waals surface area contributed by atoms with E-state index < -0.39 is 41.7 Å². The van der Waals surface area contributed by atoms with Crippen molar-refractivity contribution in [3.8, 4) is 5.75 Å². The number of nitrogens with zero attached hydrogens (tertiary/aromatic N) is 1. The van der Waals surface area contributed by atoms with E-state index in [2.05, 4.69) is 20.4 Å². The number of nitrogens with one attached hydrogen (secondary N) is 2. The fraction of sp³-hybridized carbons (Fsp3) is 0.333. The summed E-state index contributed by atoms with van der Waals surface area (Å²) in [4.78, 5) is 17.6. The van der Waals surface area contributed by atoms with Crippen LogP contribution in [0.5, 0.6) is 5.75 Å². The molecule has 1 heterocycles. The second kappa shape index (κ2) is 12.6. The van der Waals surface area contributed by atoms with Crippen LogP contribution in [-0.2, 0) is 12.0 Å². The molecule has 0 bridgehead atoms. The lowest BCUT2D eigenvalue weighted by molar-refractivity contribution is -0.253. The van der Waals surface area contributed by atoms with E-state index in [4.69, 9.17) is 11.6 Å². The maximum atomic E-state index is 14.8. The van der Waals surface area contributed by atoms with E-state index in [0.717, 1.165) is 12.1 Å². The van der Waals surface area contributed by atoms with Gasteiger partial charge >= 0.3 is 18.6 Å². The van der Waals surface area contributed by atoms with Crippen molar-refractivity contribution in [1.29, 1.82) is 0 Å². The predicted molar refractivity (Wildman–Crippen MR) is 136 cm³/mol. The Labute approximate surface area is 227 Å². The van der Waals surface area contributed by atoms with Gasteiger partial charge in [0, 0.05) is 18.7 Å². The summed E-state index contributed by atoms with van der Waals surface area (Å²) in [7, 11) is 0. The molecule has 6 nitrogen and oxygen atoms in total. The molecule has 39 heavy (non-hydrogen) atoms. The van der Waals surface area contributed by atoms with Gasteiger partial charge in [-0.2, -0.15) is 17.6 Å². The van der Waals surface area contributed by atoms with Crippen LogP contribution in [0.15, 0.2) is 66.9 Å². The molecular weight excluding hydrogens is 545 g/mol. The van der Waals surface area contributed by atoms with E-state index in [0.29, 0.717) is 11.6 Å². The van der Waals surface area contributed by atoms with Gasteiger partial charge in [-0.25, -0.2) is 9.18 Å². The van der Waals surface area contributed by atoms with Gasteiger partial charge in [0.1, 0.15) is 17.1 Å².